The van der Waals surface area contributed by atoms with E-state index in [2.05, 4.69) is 20.8 Å². The highest BCUT2D eigenvalue weighted by atomic mass is 19.3. The summed E-state index contributed by atoms with van der Waals surface area (Å²) in [6.45, 7) is 11.1. The van der Waals surface area contributed by atoms with E-state index in [9.17, 15) is 13.6 Å². The van der Waals surface area contributed by atoms with Crippen molar-refractivity contribution < 1.29 is 41.8 Å². The monoisotopic (exact) mass is 534 g/mol. The fourth-order valence-corrected chi connectivity index (χ4v) is 6.41. The van der Waals surface area contributed by atoms with Crippen LogP contribution in [0.5, 0.6) is 17.2 Å². The summed E-state index contributed by atoms with van der Waals surface area (Å²) in [5.41, 5.74) is -0.00873. The Balaban J connectivity index is 1.46. The highest BCUT2D eigenvalue weighted by Gasteiger charge is 2.67. The van der Waals surface area contributed by atoms with E-state index in [1.54, 1.807) is 12.1 Å². The van der Waals surface area contributed by atoms with E-state index in [1.165, 1.54) is 6.07 Å². The predicted octanol–water partition coefficient (Wildman–Crippen LogP) is 6.42. The van der Waals surface area contributed by atoms with Crippen molar-refractivity contribution in [1.82, 2.24) is 0 Å². The molecule has 0 N–H and O–H groups in total. The van der Waals surface area contributed by atoms with Crippen LogP contribution in [0.4, 0.5) is 8.78 Å². The minimum absolute atomic E-state index is 0.00579. The van der Waals surface area contributed by atoms with Gasteiger partial charge in [0.25, 0.3) is 0 Å². The molecule has 2 bridgehead atoms. The summed E-state index contributed by atoms with van der Waals surface area (Å²) >= 11 is 0. The SMILES string of the molecule is CCCCOC(=O)c1c(OCCCC)c(/C=C\B2OC3C[C@@H]4C[C@@H](C4(C)C)[C@]3(C)O2)cc2c1OC(F)(F)O2. The number of halogens is 2. The number of alkyl halides is 2. The van der Waals surface area contributed by atoms with Crippen molar-refractivity contribution in [2.75, 3.05) is 13.2 Å². The van der Waals surface area contributed by atoms with Crippen LogP contribution in [0.3, 0.4) is 0 Å². The molecule has 2 heterocycles. The summed E-state index contributed by atoms with van der Waals surface area (Å²) in [6, 6.07) is 1.39. The molecule has 7 nitrogen and oxygen atoms in total. The zero-order valence-corrected chi connectivity index (χ0v) is 22.8. The highest BCUT2D eigenvalue weighted by Crippen LogP contribution is 2.65. The molecule has 4 atom stereocenters. The van der Waals surface area contributed by atoms with Gasteiger partial charge in [0.2, 0.25) is 0 Å². The lowest BCUT2D eigenvalue weighted by Gasteiger charge is -2.64. The van der Waals surface area contributed by atoms with Crippen LogP contribution in [0.25, 0.3) is 6.08 Å². The molecule has 3 aliphatic carbocycles. The molecule has 1 saturated heterocycles. The second-order valence-electron chi connectivity index (χ2n) is 11.6. The van der Waals surface area contributed by atoms with Gasteiger partial charge in [-0.05, 0) is 55.9 Å². The second-order valence-corrected chi connectivity index (χ2v) is 11.6. The summed E-state index contributed by atoms with van der Waals surface area (Å²) in [6.07, 6.45) is 2.86. The maximum Gasteiger partial charge on any atom is 0.586 e. The molecule has 2 aliphatic heterocycles. The van der Waals surface area contributed by atoms with E-state index in [0.717, 1.165) is 25.7 Å². The molecule has 0 aromatic heterocycles. The molecule has 1 aromatic carbocycles. The number of fused-ring (bicyclic) bond motifs is 1. The predicted molar refractivity (Wildman–Crippen MR) is 137 cm³/mol. The first kappa shape index (κ1) is 27.2. The lowest BCUT2D eigenvalue weighted by molar-refractivity contribution is -0.286. The molecule has 1 unspecified atom stereocenters. The Hall–Kier alpha value is -2.33. The Morgan fingerprint density at radius 2 is 1.87 bits per heavy atom. The molecule has 3 saturated carbocycles. The van der Waals surface area contributed by atoms with Crippen LogP contribution in [0.1, 0.15) is 89.1 Å². The maximum atomic E-state index is 14.1. The quantitative estimate of drug-likeness (QED) is 0.195. The van der Waals surface area contributed by atoms with E-state index >= 15 is 0 Å². The number of hydrogen-bond donors (Lipinski definition) is 0. The summed E-state index contributed by atoms with van der Waals surface area (Å²) in [5.74, 6) is 1.44. The van der Waals surface area contributed by atoms with Gasteiger partial charge in [-0.2, -0.15) is 0 Å². The maximum absolute atomic E-state index is 14.1. The smallest absolute Gasteiger partial charge is 0.492 e. The van der Waals surface area contributed by atoms with Gasteiger partial charge in [-0.15, -0.1) is 8.78 Å². The first-order chi connectivity index (χ1) is 18.0. The lowest BCUT2D eigenvalue weighted by Crippen LogP contribution is -2.65. The molecule has 10 heteroatoms. The van der Waals surface area contributed by atoms with Gasteiger partial charge in [0.05, 0.1) is 24.9 Å². The second kappa shape index (κ2) is 10.0. The van der Waals surface area contributed by atoms with E-state index in [4.69, 9.17) is 28.3 Å². The number of unbranched alkanes of at least 4 members (excludes halogenated alkanes) is 2. The standard InChI is InChI=1S/C28H37BF2O7/c1-6-8-12-33-23-17(10-11-29-37-21-16-18-15-20(26(18,3)4)27(21,5)38-29)14-19-24(36-28(30,31)35-19)22(23)25(32)34-13-9-7-2/h10-11,14,18,20-21H,6-9,12-13,15-16H2,1-5H3/b11-10-/t18-,20-,21?,27-/m0/s1. The van der Waals surface area contributed by atoms with Crippen molar-refractivity contribution >= 4 is 19.2 Å². The first-order valence-corrected chi connectivity index (χ1v) is 13.8. The van der Waals surface area contributed by atoms with Gasteiger partial charge in [0.15, 0.2) is 11.5 Å². The minimum Gasteiger partial charge on any atom is -0.492 e. The van der Waals surface area contributed by atoms with Gasteiger partial charge in [-0.1, -0.05) is 52.6 Å². The van der Waals surface area contributed by atoms with Crippen LogP contribution >= 0.6 is 0 Å². The third kappa shape index (κ3) is 4.68. The van der Waals surface area contributed by atoms with Crippen LogP contribution in [0, 0.1) is 17.3 Å². The largest absolute Gasteiger partial charge is 0.586 e. The fourth-order valence-electron chi connectivity index (χ4n) is 6.41. The van der Waals surface area contributed by atoms with Gasteiger partial charge in [0, 0.05) is 5.56 Å². The molecule has 208 valence electrons. The van der Waals surface area contributed by atoms with E-state index in [-0.39, 0.29) is 53.1 Å². The van der Waals surface area contributed by atoms with Crippen molar-refractivity contribution in [3.63, 3.8) is 0 Å². The number of ether oxygens (including phenoxy) is 4. The van der Waals surface area contributed by atoms with Crippen LogP contribution in [-0.4, -0.2) is 44.3 Å². The van der Waals surface area contributed by atoms with Crippen molar-refractivity contribution in [1.29, 1.82) is 0 Å². The number of carbonyl (C=O) groups excluding carboxylic acids is 1. The molecule has 5 aliphatic rings. The van der Waals surface area contributed by atoms with Gasteiger partial charge in [-0.25, -0.2) is 4.79 Å². The van der Waals surface area contributed by atoms with Crippen molar-refractivity contribution in [2.45, 2.75) is 91.1 Å². The summed E-state index contributed by atoms with van der Waals surface area (Å²) in [7, 11) is -0.615. The molecule has 38 heavy (non-hydrogen) atoms. The first-order valence-electron chi connectivity index (χ1n) is 13.8. The zero-order valence-electron chi connectivity index (χ0n) is 22.8. The molecular weight excluding hydrogens is 497 g/mol. The molecule has 4 fully saturated rings. The van der Waals surface area contributed by atoms with Crippen LogP contribution in [0.15, 0.2) is 12.0 Å². The summed E-state index contributed by atoms with van der Waals surface area (Å²) in [4.78, 5) is 13.1. The van der Waals surface area contributed by atoms with Crippen molar-refractivity contribution in [2.24, 2.45) is 17.3 Å². The molecule has 1 aromatic rings. The summed E-state index contributed by atoms with van der Waals surface area (Å²) < 4.78 is 61.8. The third-order valence-corrected chi connectivity index (χ3v) is 8.76. The lowest BCUT2D eigenvalue weighted by atomic mass is 9.43. The Kier molecular flexibility index (Phi) is 7.18. The minimum atomic E-state index is -3.90. The van der Waals surface area contributed by atoms with Crippen LogP contribution in [0.2, 0.25) is 0 Å². The molecule has 0 radical (unpaired) electrons. The van der Waals surface area contributed by atoms with Crippen LogP contribution < -0.4 is 14.2 Å². The molecule has 0 spiro atoms. The Bertz CT molecular complexity index is 1110. The van der Waals surface area contributed by atoms with Crippen molar-refractivity contribution in [3.8, 4) is 17.2 Å². The van der Waals surface area contributed by atoms with Gasteiger partial charge in [-0.3, -0.25) is 0 Å². The fraction of sp³-hybridized carbons (Fsp3) is 0.679. The van der Waals surface area contributed by atoms with Crippen molar-refractivity contribution in [3.05, 3.63) is 23.2 Å². The third-order valence-electron chi connectivity index (χ3n) is 8.76. The average Bonchev–Trinajstić information content (AvgIpc) is 3.36. The summed E-state index contributed by atoms with van der Waals surface area (Å²) in [5, 5.41) is 0. The Morgan fingerprint density at radius 3 is 2.58 bits per heavy atom. The molecule has 0 amide bonds. The molecular formula is C28H37BF2O7. The van der Waals surface area contributed by atoms with Gasteiger partial charge >= 0.3 is 19.4 Å². The number of rotatable bonds is 10. The normalized spacial score (nSPS) is 29.8. The topological polar surface area (TPSA) is 72.5 Å². The van der Waals surface area contributed by atoms with E-state index < -0.39 is 19.4 Å². The Morgan fingerprint density at radius 1 is 1.13 bits per heavy atom. The van der Waals surface area contributed by atoms with Crippen LogP contribution in [-0.2, 0) is 14.0 Å². The number of hydrogen-bond acceptors (Lipinski definition) is 7. The average molecular weight is 534 g/mol. The number of carbonyl (C=O) groups is 1. The number of benzene rings is 1. The Labute approximate surface area is 223 Å². The van der Waals surface area contributed by atoms with Gasteiger partial charge in [0.1, 0.15) is 11.3 Å². The molecule has 6 rings (SSSR count). The number of esters is 1. The zero-order chi connectivity index (χ0) is 27.3. The van der Waals surface area contributed by atoms with E-state index in [1.807, 2.05) is 13.8 Å². The van der Waals surface area contributed by atoms with Gasteiger partial charge < -0.3 is 28.3 Å². The highest BCUT2D eigenvalue weighted by molar-refractivity contribution is 6.52. The van der Waals surface area contributed by atoms with E-state index in [0.29, 0.717) is 30.2 Å².